The van der Waals surface area contributed by atoms with E-state index in [1.54, 1.807) is 41.1 Å². The summed E-state index contributed by atoms with van der Waals surface area (Å²) in [4.78, 5) is 29.2. The van der Waals surface area contributed by atoms with Crippen LogP contribution in [-0.2, 0) is 4.79 Å². The number of hydrogen-bond acceptors (Lipinski definition) is 6. The number of hydrogen-bond donors (Lipinski definition) is 0. The van der Waals surface area contributed by atoms with Crippen LogP contribution in [0.4, 0.5) is 23.4 Å². The Labute approximate surface area is 221 Å². The van der Waals surface area contributed by atoms with E-state index in [9.17, 15) is 23.2 Å². The van der Waals surface area contributed by atoms with Crippen molar-refractivity contribution in [3.05, 3.63) is 66.5 Å². The molecule has 200 valence electrons. The Hall–Kier alpha value is -4.53. The summed E-state index contributed by atoms with van der Waals surface area (Å²) in [6.07, 6.45) is -1.57. The number of piperazine rings is 1. The Morgan fingerprint density at radius 1 is 1.13 bits per heavy atom. The van der Waals surface area contributed by atoms with E-state index in [2.05, 4.69) is 21.0 Å². The topological polar surface area (TPSA) is 90.9 Å². The first-order valence-electron chi connectivity index (χ1n) is 12.2. The maximum atomic E-state index is 15.0. The number of benzene rings is 1. The zero-order chi connectivity index (χ0) is 27.7. The van der Waals surface area contributed by atoms with Crippen LogP contribution < -0.4 is 4.90 Å². The van der Waals surface area contributed by atoms with E-state index in [0.717, 1.165) is 0 Å². The molecule has 1 atom stereocenters. The van der Waals surface area contributed by atoms with E-state index in [1.807, 2.05) is 11.8 Å². The van der Waals surface area contributed by atoms with Gasteiger partial charge in [0, 0.05) is 55.6 Å². The van der Waals surface area contributed by atoms with Crippen LogP contribution in [0, 0.1) is 17.1 Å². The monoisotopic (exact) mass is 537 g/mol. The standard InChI is InChI=1S/C27H23F4N7O/c1-17-14-36(23(39)6-8-27(29,30)31)10-11-37(17)25-24-20(19-4-2-3-5-21(19)28)15-38(26(24)35-16-34-25)22-12-18(13-32)7-9-33-22/h2-5,7,9,12,15-17H,6,8,10-11,14H2,1H3/t17-/m0/s1. The normalized spacial score (nSPS) is 15.9. The Kier molecular flexibility index (Phi) is 6.91. The van der Waals surface area contributed by atoms with Crippen LogP contribution in [0.1, 0.15) is 25.3 Å². The average molecular weight is 538 g/mol. The van der Waals surface area contributed by atoms with Gasteiger partial charge in [0.2, 0.25) is 5.91 Å². The number of fused-ring (bicyclic) bond motifs is 1. The lowest BCUT2D eigenvalue weighted by Crippen LogP contribution is -2.54. The van der Waals surface area contributed by atoms with Gasteiger partial charge in [0.1, 0.15) is 23.8 Å². The van der Waals surface area contributed by atoms with Crippen molar-refractivity contribution in [1.29, 1.82) is 5.26 Å². The van der Waals surface area contributed by atoms with Gasteiger partial charge in [0.15, 0.2) is 5.65 Å². The number of aromatic nitrogens is 4. The van der Waals surface area contributed by atoms with Crippen molar-refractivity contribution < 1.29 is 22.4 Å². The minimum atomic E-state index is -4.40. The fourth-order valence-corrected chi connectivity index (χ4v) is 4.85. The number of nitriles is 1. The fraction of sp³-hybridized carbons (Fsp3) is 0.296. The summed E-state index contributed by atoms with van der Waals surface area (Å²) < 4.78 is 54.6. The number of halogens is 4. The molecule has 1 aliphatic rings. The SMILES string of the molecule is C[C@H]1CN(C(=O)CCC(F)(F)F)CCN1c1ncnc2c1c(-c1ccccc1F)cn2-c1cc(C#N)ccn1. The van der Waals surface area contributed by atoms with Crippen molar-refractivity contribution in [3.8, 4) is 23.0 Å². The highest BCUT2D eigenvalue weighted by Crippen LogP contribution is 2.38. The second-order valence-electron chi connectivity index (χ2n) is 9.30. The third-order valence-corrected chi connectivity index (χ3v) is 6.72. The number of pyridine rings is 1. The number of nitrogens with zero attached hydrogens (tertiary/aromatic N) is 7. The van der Waals surface area contributed by atoms with Gasteiger partial charge in [-0.25, -0.2) is 19.3 Å². The van der Waals surface area contributed by atoms with E-state index >= 15 is 4.39 Å². The second-order valence-corrected chi connectivity index (χ2v) is 9.30. The van der Waals surface area contributed by atoms with Crippen LogP contribution in [0.25, 0.3) is 28.0 Å². The van der Waals surface area contributed by atoms with Gasteiger partial charge < -0.3 is 9.80 Å². The summed E-state index contributed by atoms with van der Waals surface area (Å²) in [6, 6.07) is 11.3. The van der Waals surface area contributed by atoms with E-state index in [0.29, 0.717) is 45.9 Å². The maximum absolute atomic E-state index is 15.0. The molecule has 1 fully saturated rings. The Bertz CT molecular complexity index is 1580. The van der Waals surface area contributed by atoms with Gasteiger partial charge in [0.25, 0.3) is 0 Å². The zero-order valence-electron chi connectivity index (χ0n) is 20.9. The molecule has 4 heterocycles. The number of amides is 1. The Morgan fingerprint density at radius 2 is 1.92 bits per heavy atom. The lowest BCUT2D eigenvalue weighted by molar-refractivity contribution is -0.149. The quantitative estimate of drug-likeness (QED) is 0.338. The lowest BCUT2D eigenvalue weighted by Gasteiger charge is -2.41. The molecule has 0 saturated carbocycles. The zero-order valence-corrected chi connectivity index (χ0v) is 20.9. The summed E-state index contributed by atoms with van der Waals surface area (Å²) >= 11 is 0. The van der Waals surface area contributed by atoms with Gasteiger partial charge in [0.05, 0.1) is 23.4 Å². The molecule has 5 rings (SSSR count). The van der Waals surface area contributed by atoms with Crippen molar-refractivity contribution in [2.45, 2.75) is 32.0 Å². The molecule has 1 amide bonds. The summed E-state index contributed by atoms with van der Waals surface area (Å²) in [5, 5.41) is 9.92. The smallest absolute Gasteiger partial charge is 0.350 e. The van der Waals surface area contributed by atoms with Gasteiger partial charge >= 0.3 is 6.18 Å². The molecule has 1 aliphatic heterocycles. The lowest BCUT2D eigenvalue weighted by atomic mass is 10.0. The third kappa shape index (κ3) is 5.25. The molecular weight excluding hydrogens is 514 g/mol. The number of carbonyl (C=O) groups excluding carboxylic acids is 1. The first-order valence-corrected chi connectivity index (χ1v) is 12.2. The molecule has 39 heavy (non-hydrogen) atoms. The van der Waals surface area contributed by atoms with Gasteiger partial charge in [-0.05, 0) is 25.1 Å². The highest BCUT2D eigenvalue weighted by atomic mass is 19.4. The summed E-state index contributed by atoms with van der Waals surface area (Å²) in [7, 11) is 0. The molecule has 0 unspecified atom stereocenters. The van der Waals surface area contributed by atoms with E-state index in [4.69, 9.17) is 0 Å². The molecule has 0 bridgehead atoms. The summed E-state index contributed by atoms with van der Waals surface area (Å²) in [5.74, 6) is -0.0747. The predicted molar refractivity (Wildman–Crippen MR) is 135 cm³/mol. The van der Waals surface area contributed by atoms with E-state index in [-0.39, 0.29) is 19.1 Å². The molecule has 0 aliphatic carbocycles. The number of anilines is 1. The van der Waals surface area contributed by atoms with Crippen LogP contribution in [0.15, 0.2) is 55.1 Å². The summed E-state index contributed by atoms with van der Waals surface area (Å²) in [5.41, 5.74) is 1.67. The molecule has 3 aromatic heterocycles. The van der Waals surface area contributed by atoms with Gasteiger partial charge in [-0.2, -0.15) is 18.4 Å². The second kappa shape index (κ2) is 10.3. The van der Waals surface area contributed by atoms with Crippen LogP contribution >= 0.6 is 0 Å². The van der Waals surface area contributed by atoms with E-state index in [1.165, 1.54) is 23.5 Å². The van der Waals surface area contributed by atoms with Crippen LogP contribution in [0.3, 0.4) is 0 Å². The molecule has 0 N–H and O–H groups in total. The minimum Gasteiger partial charge on any atom is -0.350 e. The molecule has 1 saturated heterocycles. The van der Waals surface area contributed by atoms with Crippen molar-refractivity contribution in [2.75, 3.05) is 24.5 Å². The Morgan fingerprint density at radius 3 is 2.64 bits per heavy atom. The first kappa shape index (κ1) is 26.1. The van der Waals surface area contributed by atoms with Gasteiger partial charge in [-0.1, -0.05) is 18.2 Å². The van der Waals surface area contributed by atoms with Crippen molar-refractivity contribution in [1.82, 2.24) is 24.4 Å². The number of carbonyl (C=O) groups is 1. The Balaban J connectivity index is 1.57. The number of alkyl halides is 3. The molecule has 8 nitrogen and oxygen atoms in total. The molecule has 12 heteroatoms. The maximum Gasteiger partial charge on any atom is 0.389 e. The fourth-order valence-electron chi connectivity index (χ4n) is 4.85. The largest absolute Gasteiger partial charge is 0.389 e. The summed E-state index contributed by atoms with van der Waals surface area (Å²) in [6.45, 7) is 2.60. The molecule has 0 spiro atoms. The molecule has 4 aromatic rings. The van der Waals surface area contributed by atoms with Crippen molar-refractivity contribution in [3.63, 3.8) is 0 Å². The van der Waals surface area contributed by atoms with Gasteiger partial charge in [-0.15, -0.1) is 0 Å². The van der Waals surface area contributed by atoms with Crippen LogP contribution in [-0.4, -0.2) is 62.2 Å². The van der Waals surface area contributed by atoms with Crippen molar-refractivity contribution in [2.24, 2.45) is 0 Å². The average Bonchev–Trinajstić information content (AvgIpc) is 3.31. The van der Waals surface area contributed by atoms with Crippen LogP contribution in [0.2, 0.25) is 0 Å². The van der Waals surface area contributed by atoms with Crippen molar-refractivity contribution >= 4 is 22.8 Å². The highest BCUT2D eigenvalue weighted by molar-refractivity contribution is 6.02. The van der Waals surface area contributed by atoms with Gasteiger partial charge in [-0.3, -0.25) is 9.36 Å². The van der Waals surface area contributed by atoms with E-state index < -0.39 is 30.7 Å². The number of rotatable bonds is 5. The molecule has 1 aromatic carbocycles. The first-order chi connectivity index (χ1) is 18.7. The predicted octanol–water partition coefficient (Wildman–Crippen LogP) is 4.87. The third-order valence-electron chi connectivity index (χ3n) is 6.72. The van der Waals surface area contributed by atoms with Crippen LogP contribution in [0.5, 0.6) is 0 Å². The minimum absolute atomic E-state index is 0.212. The molecule has 0 radical (unpaired) electrons. The highest BCUT2D eigenvalue weighted by Gasteiger charge is 2.33. The molecular formula is C27H23F4N7O.